The molecule has 0 amide bonds. The van der Waals surface area contributed by atoms with Gasteiger partial charge in [0.1, 0.15) is 0 Å². The Morgan fingerprint density at radius 2 is 1.27 bits per heavy atom. The van der Waals surface area contributed by atoms with Crippen molar-refractivity contribution >= 4 is 11.4 Å². The summed E-state index contributed by atoms with van der Waals surface area (Å²) in [5.74, 6) is 0.0367. The number of aryl methyl sites for hydroxylation is 1. The van der Waals surface area contributed by atoms with Crippen LogP contribution in [-0.4, -0.2) is 5.78 Å². The summed E-state index contributed by atoms with van der Waals surface area (Å²) >= 11 is 0. The number of ketones is 1. The third kappa shape index (κ3) is 3.92. The van der Waals surface area contributed by atoms with E-state index in [-0.39, 0.29) is 5.78 Å². The van der Waals surface area contributed by atoms with Gasteiger partial charge in [0, 0.05) is 11.1 Å². The van der Waals surface area contributed by atoms with Crippen molar-refractivity contribution in [2.24, 2.45) is 0 Å². The predicted octanol–water partition coefficient (Wildman–Crippen LogP) is 5.37. The maximum atomic E-state index is 12.4. The SMILES string of the molecule is C=C(C)/C=C\C(=C)c1ccc(C(=O)c2ccc(C)cc2)cc1. The van der Waals surface area contributed by atoms with E-state index in [1.54, 1.807) is 0 Å². The molecule has 0 bridgehead atoms. The van der Waals surface area contributed by atoms with Crippen molar-refractivity contribution in [3.05, 3.63) is 102 Å². The maximum Gasteiger partial charge on any atom is 0.193 e. The molecule has 2 aromatic rings. The van der Waals surface area contributed by atoms with Crippen LogP contribution in [0.5, 0.6) is 0 Å². The minimum absolute atomic E-state index is 0.0367. The lowest BCUT2D eigenvalue weighted by atomic mass is 9.99. The van der Waals surface area contributed by atoms with Crippen LogP contribution in [0.3, 0.4) is 0 Å². The van der Waals surface area contributed by atoms with Crippen molar-refractivity contribution in [2.45, 2.75) is 13.8 Å². The van der Waals surface area contributed by atoms with Crippen LogP contribution in [0.2, 0.25) is 0 Å². The quantitative estimate of drug-likeness (QED) is 0.534. The van der Waals surface area contributed by atoms with Gasteiger partial charge in [0.15, 0.2) is 5.78 Å². The molecule has 0 atom stereocenters. The number of rotatable bonds is 5. The molecule has 1 heteroatoms. The average molecular weight is 288 g/mol. The average Bonchev–Trinajstić information content (AvgIpc) is 2.53. The molecule has 2 rings (SSSR count). The van der Waals surface area contributed by atoms with E-state index in [2.05, 4.69) is 13.2 Å². The van der Waals surface area contributed by atoms with E-state index in [9.17, 15) is 4.79 Å². The number of benzene rings is 2. The van der Waals surface area contributed by atoms with Gasteiger partial charge in [-0.25, -0.2) is 0 Å². The molecule has 0 aliphatic carbocycles. The highest BCUT2D eigenvalue weighted by molar-refractivity contribution is 6.09. The number of carbonyl (C=O) groups is 1. The Labute approximate surface area is 132 Å². The van der Waals surface area contributed by atoms with Gasteiger partial charge in [0.05, 0.1) is 0 Å². The topological polar surface area (TPSA) is 17.1 Å². The van der Waals surface area contributed by atoms with Crippen molar-refractivity contribution in [1.82, 2.24) is 0 Å². The molecule has 0 spiro atoms. The molecule has 110 valence electrons. The summed E-state index contributed by atoms with van der Waals surface area (Å²) in [5.41, 5.74) is 5.42. The molecule has 0 saturated carbocycles. The van der Waals surface area contributed by atoms with E-state index < -0.39 is 0 Å². The first-order valence-electron chi connectivity index (χ1n) is 7.21. The normalized spacial score (nSPS) is 10.6. The third-order valence-electron chi connectivity index (χ3n) is 3.40. The Hall–Kier alpha value is -2.67. The monoisotopic (exact) mass is 288 g/mol. The fourth-order valence-corrected chi connectivity index (χ4v) is 2.05. The molecule has 0 aliphatic rings. The molecule has 0 unspecified atom stereocenters. The summed E-state index contributed by atoms with van der Waals surface area (Å²) in [5, 5.41) is 0. The van der Waals surface area contributed by atoms with Gasteiger partial charge in [0.25, 0.3) is 0 Å². The van der Waals surface area contributed by atoms with Crippen LogP contribution in [-0.2, 0) is 0 Å². The first-order valence-corrected chi connectivity index (χ1v) is 7.21. The lowest BCUT2D eigenvalue weighted by Gasteiger charge is -2.05. The van der Waals surface area contributed by atoms with E-state index in [0.717, 1.165) is 22.3 Å². The summed E-state index contributed by atoms with van der Waals surface area (Å²) in [4.78, 5) is 12.4. The molecule has 0 aromatic heterocycles. The molecular formula is C21H20O. The van der Waals surface area contributed by atoms with Crippen molar-refractivity contribution in [1.29, 1.82) is 0 Å². The van der Waals surface area contributed by atoms with E-state index in [4.69, 9.17) is 0 Å². The smallest absolute Gasteiger partial charge is 0.193 e. The molecule has 0 heterocycles. The van der Waals surface area contributed by atoms with Crippen LogP contribution in [0, 0.1) is 6.92 Å². The van der Waals surface area contributed by atoms with Gasteiger partial charge in [-0.3, -0.25) is 4.79 Å². The summed E-state index contributed by atoms with van der Waals surface area (Å²) in [7, 11) is 0. The van der Waals surface area contributed by atoms with Gasteiger partial charge in [-0.2, -0.15) is 0 Å². The van der Waals surface area contributed by atoms with Crippen molar-refractivity contribution in [2.75, 3.05) is 0 Å². The van der Waals surface area contributed by atoms with Crippen molar-refractivity contribution in [3.63, 3.8) is 0 Å². The molecular weight excluding hydrogens is 268 g/mol. The Bertz CT molecular complexity index is 728. The molecule has 0 saturated heterocycles. The van der Waals surface area contributed by atoms with Gasteiger partial charge in [0.2, 0.25) is 0 Å². The molecule has 22 heavy (non-hydrogen) atoms. The van der Waals surface area contributed by atoms with Gasteiger partial charge >= 0.3 is 0 Å². The van der Waals surface area contributed by atoms with Gasteiger partial charge in [-0.15, -0.1) is 0 Å². The van der Waals surface area contributed by atoms with E-state index in [0.29, 0.717) is 11.1 Å². The molecule has 1 nitrogen and oxygen atoms in total. The number of carbonyl (C=O) groups excluding carboxylic acids is 1. The number of hydrogen-bond donors (Lipinski definition) is 0. The lowest BCUT2D eigenvalue weighted by molar-refractivity contribution is 0.103. The Morgan fingerprint density at radius 1 is 0.818 bits per heavy atom. The highest BCUT2D eigenvalue weighted by Crippen LogP contribution is 2.17. The highest BCUT2D eigenvalue weighted by Gasteiger charge is 2.08. The Morgan fingerprint density at radius 3 is 1.77 bits per heavy atom. The van der Waals surface area contributed by atoms with Crippen LogP contribution >= 0.6 is 0 Å². The molecule has 2 aromatic carbocycles. The standard InChI is InChI=1S/C21H20O/c1-15(2)5-8-17(4)18-11-13-20(14-12-18)21(22)19-9-6-16(3)7-10-19/h5-14H,1,4H2,2-3H3/b8-5-. The largest absolute Gasteiger partial charge is 0.289 e. The fourth-order valence-electron chi connectivity index (χ4n) is 2.05. The van der Waals surface area contributed by atoms with Crippen LogP contribution < -0.4 is 0 Å². The fraction of sp³-hybridized carbons (Fsp3) is 0.0952. The van der Waals surface area contributed by atoms with Gasteiger partial charge < -0.3 is 0 Å². The number of allylic oxidation sites excluding steroid dienone is 4. The van der Waals surface area contributed by atoms with Crippen LogP contribution in [0.4, 0.5) is 0 Å². The maximum absolute atomic E-state index is 12.4. The summed E-state index contributed by atoms with van der Waals surface area (Å²) in [6.45, 7) is 11.8. The van der Waals surface area contributed by atoms with Crippen LogP contribution in [0.1, 0.15) is 34.0 Å². The third-order valence-corrected chi connectivity index (χ3v) is 3.40. The van der Waals surface area contributed by atoms with Gasteiger partial charge in [-0.05, 0) is 25.0 Å². The highest BCUT2D eigenvalue weighted by atomic mass is 16.1. The molecule has 0 fully saturated rings. The molecule has 0 radical (unpaired) electrons. The minimum atomic E-state index is 0.0367. The Balaban J connectivity index is 2.18. The zero-order valence-corrected chi connectivity index (χ0v) is 13.1. The zero-order valence-electron chi connectivity index (χ0n) is 13.1. The molecule has 0 aliphatic heterocycles. The van der Waals surface area contributed by atoms with Crippen LogP contribution in [0.25, 0.3) is 5.57 Å². The van der Waals surface area contributed by atoms with Crippen LogP contribution in [0.15, 0.2) is 79.4 Å². The number of hydrogen-bond acceptors (Lipinski definition) is 1. The molecule has 0 N–H and O–H groups in total. The second kappa shape index (κ2) is 6.86. The van der Waals surface area contributed by atoms with Gasteiger partial charge in [-0.1, -0.05) is 85.0 Å². The van der Waals surface area contributed by atoms with Crippen molar-refractivity contribution in [3.8, 4) is 0 Å². The first kappa shape index (κ1) is 15.7. The summed E-state index contributed by atoms with van der Waals surface area (Å²) in [6, 6.07) is 15.2. The second-order valence-corrected chi connectivity index (χ2v) is 5.48. The first-order chi connectivity index (χ1) is 10.5. The summed E-state index contributed by atoms with van der Waals surface area (Å²) in [6.07, 6.45) is 3.85. The van der Waals surface area contributed by atoms with E-state index >= 15 is 0 Å². The minimum Gasteiger partial charge on any atom is -0.289 e. The van der Waals surface area contributed by atoms with E-state index in [1.807, 2.05) is 74.5 Å². The lowest BCUT2D eigenvalue weighted by Crippen LogP contribution is -2.01. The zero-order chi connectivity index (χ0) is 16.1. The van der Waals surface area contributed by atoms with E-state index in [1.165, 1.54) is 0 Å². The Kier molecular flexibility index (Phi) is 4.90. The predicted molar refractivity (Wildman–Crippen MR) is 94.0 cm³/mol. The van der Waals surface area contributed by atoms with Crippen molar-refractivity contribution < 1.29 is 4.79 Å². The second-order valence-electron chi connectivity index (χ2n) is 5.48. The summed E-state index contributed by atoms with van der Waals surface area (Å²) < 4.78 is 0.